The van der Waals surface area contributed by atoms with Gasteiger partial charge in [-0.3, -0.25) is 10.1 Å². The Bertz CT molecular complexity index is 893. The van der Waals surface area contributed by atoms with Gasteiger partial charge in [0.1, 0.15) is 5.69 Å². The first-order valence-corrected chi connectivity index (χ1v) is 8.57. The number of benzene rings is 2. The highest BCUT2D eigenvalue weighted by molar-refractivity contribution is 5.71. The van der Waals surface area contributed by atoms with Crippen LogP contribution in [0.3, 0.4) is 0 Å². The van der Waals surface area contributed by atoms with E-state index in [-0.39, 0.29) is 28.5 Å². The molecule has 0 radical (unpaired) electrons. The molecule has 1 aliphatic heterocycles. The maximum absolute atomic E-state index is 11.5. The van der Waals surface area contributed by atoms with Gasteiger partial charge in [0, 0.05) is 17.5 Å². The van der Waals surface area contributed by atoms with E-state index in [4.69, 9.17) is 9.47 Å². The molecule has 1 aliphatic carbocycles. The van der Waals surface area contributed by atoms with Crippen LogP contribution in [0.5, 0.6) is 11.5 Å². The molecular weight excluding hydrogens is 332 g/mol. The summed E-state index contributed by atoms with van der Waals surface area (Å²) in [7, 11) is 3.22. The van der Waals surface area contributed by atoms with Gasteiger partial charge in [0.05, 0.1) is 25.2 Å². The van der Waals surface area contributed by atoms with Crippen LogP contribution in [0.15, 0.2) is 48.6 Å². The largest absolute Gasteiger partial charge is 0.493 e. The summed E-state index contributed by atoms with van der Waals surface area (Å²) >= 11 is 0. The fourth-order valence-electron chi connectivity index (χ4n) is 4.22. The number of methoxy groups -OCH3 is 2. The number of ether oxygens (including phenoxy) is 2. The van der Waals surface area contributed by atoms with E-state index in [2.05, 4.69) is 17.5 Å². The van der Waals surface area contributed by atoms with Crippen molar-refractivity contribution >= 4 is 11.4 Å². The van der Waals surface area contributed by atoms with E-state index in [0.717, 1.165) is 17.5 Å². The van der Waals surface area contributed by atoms with Crippen LogP contribution in [0, 0.1) is 16.0 Å². The molecule has 2 aromatic rings. The maximum Gasteiger partial charge on any atom is 0.292 e. The average molecular weight is 352 g/mol. The number of hydrogen-bond acceptors (Lipinski definition) is 5. The minimum Gasteiger partial charge on any atom is -0.493 e. The number of nitro groups is 1. The van der Waals surface area contributed by atoms with Crippen LogP contribution in [-0.2, 0) is 0 Å². The first-order chi connectivity index (χ1) is 12.7. The minimum absolute atomic E-state index is 0.103. The van der Waals surface area contributed by atoms with Gasteiger partial charge in [-0.15, -0.1) is 0 Å². The molecule has 0 amide bonds. The Morgan fingerprint density at radius 2 is 1.88 bits per heavy atom. The summed E-state index contributed by atoms with van der Waals surface area (Å²) in [6.45, 7) is 0. The van der Waals surface area contributed by atoms with E-state index in [0.29, 0.717) is 17.2 Å². The molecule has 0 unspecified atom stereocenters. The Balaban J connectivity index is 1.87. The Hall–Kier alpha value is -3.02. The van der Waals surface area contributed by atoms with Gasteiger partial charge in [0.25, 0.3) is 5.69 Å². The van der Waals surface area contributed by atoms with Crippen LogP contribution in [0.1, 0.15) is 29.5 Å². The molecule has 6 heteroatoms. The second-order valence-corrected chi connectivity index (χ2v) is 6.56. The van der Waals surface area contributed by atoms with E-state index in [1.54, 1.807) is 26.4 Å². The van der Waals surface area contributed by atoms with Crippen LogP contribution >= 0.6 is 0 Å². The molecule has 0 saturated heterocycles. The van der Waals surface area contributed by atoms with Crippen molar-refractivity contribution in [2.45, 2.75) is 18.4 Å². The molecular formula is C20H20N2O4. The summed E-state index contributed by atoms with van der Waals surface area (Å²) in [5.41, 5.74) is 2.64. The van der Waals surface area contributed by atoms with Crippen LogP contribution in [0.2, 0.25) is 0 Å². The van der Waals surface area contributed by atoms with Crippen LogP contribution in [0.25, 0.3) is 0 Å². The number of anilines is 1. The Labute approximate surface area is 151 Å². The fraction of sp³-hybridized carbons (Fsp3) is 0.300. The number of para-hydroxylation sites is 2. The highest BCUT2D eigenvalue weighted by Gasteiger charge is 2.41. The number of hydrogen-bond donors (Lipinski definition) is 1. The molecule has 4 rings (SSSR count). The van der Waals surface area contributed by atoms with E-state index in [1.807, 2.05) is 24.3 Å². The molecule has 0 saturated carbocycles. The third-order valence-corrected chi connectivity index (χ3v) is 5.34. The molecule has 3 atom stereocenters. The Kier molecular flexibility index (Phi) is 4.03. The summed E-state index contributed by atoms with van der Waals surface area (Å²) in [5.74, 6) is 1.74. The number of rotatable bonds is 4. The van der Waals surface area contributed by atoms with Gasteiger partial charge in [-0.05, 0) is 24.0 Å². The minimum atomic E-state index is -0.329. The Morgan fingerprint density at radius 1 is 1.12 bits per heavy atom. The van der Waals surface area contributed by atoms with E-state index in [1.165, 1.54) is 0 Å². The third-order valence-electron chi connectivity index (χ3n) is 5.34. The zero-order valence-corrected chi connectivity index (χ0v) is 14.6. The first kappa shape index (κ1) is 16.4. The van der Waals surface area contributed by atoms with Gasteiger partial charge in [0.15, 0.2) is 11.5 Å². The smallest absolute Gasteiger partial charge is 0.292 e. The molecule has 0 aromatic heterocycles. The Morgan fingerprint density at radius 3 is 2.62 bits per heavy atom. The van der Waals surface area contributed by atoms with Crippen molar-refractivity contribution in [3.8, 4) is 11.5 Å². The van der Waals surface area contributed by atoms with Crippen molar-refractivity contribution in [2.24, 2.45) is 5.92 Å². The number of allylic oxidation sites excluding steroid dienone is 2. The topological polar surface area (TPSA) is 73.6 Å². The highest BCUT2D eigenvalue weighted by atomic mass is 16.6. The van der Waals surface area contributed by atoms with Crippen molar-refractivity contribution in [3.63, 3.8) is 0 Å². The molecule has 2 aromatic carbocycles. The van der Waals surface area contributed by atoms with Crippen molar-refractivity contribution in [2.75, 3.05) is 19.5 Å². The van der Waals surface area contributed by atoms with Gasteiger partial charge < -0.3 is 14.8 Å². The zero-order valence-electron chi connectivity index (χ0n) is 14.6. The second-order valence-electron chi connectivity index (χ2n) is 6.56. The number of fused-ring (bicyclic) bond motifs is 3. The maximum atomic E-state index is 11.5. The van der Waals surface area contributed by atoms with Gasteiger partial charge in [-0.2, -0.15) is 0 Å². The van der Waals surface area contributed by atoms with Gasteiger partial charge >= 0.3 is 0 Å². The summed E-state index contributed by atoms with van der Waals surface area (Å²) in [5, 5.41) is 15.0. The summed E-state index contributed by atoms with van der Waals surface area (Å²) < 4.78 is 11.0. The number of nitro benzene ring substituents is 1. The predicted molar refractivity (Wildman–Crippen MR) is 99.0 cm³/mol. The third kappa shape index (κ3) is 2.41. The molecule has 1 heterocycles. The van der Waals surface area contributed by atoms with Crippen molar-refractivity contribution in [3.05, 3.63) is 69.8 Å². The van der Waals surface area contributed by atoms with Crippen molar-refractivity contribution < 1.29 is 14.4 Å². The van der Waals surface area contributed by atoms with Gasteiger partial charge in [-0.25, -0.2) is 0 Å². The molecule has 134 valence electrons. The lowest BCUT2D eigenvalue weighted by Crippen LogP contribution is -2.30. The average Bonchev–Trinajstić information content (AvgIpc) is 3.16. The monoisotopic (exact) mass is 352 g/mol. The lowest BCUT2D eigenvalue weighted by Gasteiger charge is -2.37. The molecule has 0 spiro atoms. The zero-order chi connectivity index (χ0) is 18.3. The summed E-state index contributed by atoms with van der Waals surface area (Å²) in [6.07, 6.45) is 5.23. The molecule has 1 N–H and O–H groups in total. The SMILES string of the molecule is COc1cccc([C@@H]2Nc3c(cccc3[N+](=O)[O-])[C@@H]3C=CC[C@@H]32)c1OC. The van der Waals surface area contributed by atoms with E-state index in [9.17, 15) is 10.1 Å². The van der Waals surface area contributed by atoms with Crippen LogP contribution < -0.4 is 14.8 Å². The number of nitrogens with zero attached hydrogens (tertiary/aromatic N) is 1. The lowest BCUT2D eigenvalue weighted by atomic mass is 9.76. The van der Waals surface area contributed by atoms with Crippen LogP contribution in [-0.4, -0.2) is 19.1 Å². The van der Waals surface area contributed by atoms with E-state index < -0.39 is 0 Å². The molecule has 0 bridgehead atoms. The molecule has 0 fully saturated rings. The van der Waals surface area contributed by atoms with Crippen molar-refractivity contribution in [1.82, 2.24) is 0 Å². The molecule has 2 aliphatic rings. The quantitative estimate of drug-likeness (QED) is 0.500. The predicted octanol–water partition coefficient (Wildman–Crippen LogP) is 4.44. The lowest BCUT2D eigenvalue weighted by molar-refractivity contribution is -0.384. The van der Waals surface area contributed by atoms with Crippen molar-refractivity contribution in [1.29, 1.82) is 0 Å². The molecule has 26 heavy (non-hydrogen) atoms. The first-order valence-electron chi connectivity index (χ1n) is 8.57. The standard InChI is InChI=1S/C20H20N2O4/c1-25-17-11-5-9-15(20(17)26-2)18-13-7-3-6-12(13)14-8-4-10-16(22(23)24)19(14)21-18/h3-6,8-13,18,21H,7H2,1-2H3/t12-,13+,18-/m1/s1. The fourth-order valence-corrected chi connectivity index (χ4v) is 4.22. The normalized spacial score (nSPS) is 22.9. The summed E-state index contributed by atoms with van der Waals surface area (Å²) in [6, 6.07) is 10.9. The van der Waals surface area contributed by atoms with Gasteiger partial charge in [0.2, 0.25) is 0 Å². The highest BCUT2D eigenvalue weighted by Crippen LogP contribution is 2.53. The van der Waals surface area contributed by atoms with E-state index >= 15 is 0 Å². The second kappa shape index (κ2) is 6.37. The number of nitrogens with one attached hydrogen (secondary N) is 1. The van der Waals surface area contributed by atoms with Gasteiger partial charge in [-0.1, -0.05) is 36.4 Å². The van der Waals surface area contributed by atoms with Crippen LogP contribution in [0.4, 0.5) is 11.4 Å². The molecule has 6 nitrogen and oxygen atoms in total. The summed E-state index contributed by atoms with van der Waals surface area (Å²) in [4.78, 5) is 11.2.